The third kappa shape index (κ3) is 26.8. The minimum atomic E-state index is -0.831. The van der Waals surface area contributed by atoms with E-state index in [1.807, 2.05) is 20.8 Å². The smallest absolute Gasteiger partial charge is 0.310 e. The van der Waals surface area contributed by atoms with E-state index in [0.29, 0.717) is 42.3 Å². The van der Waals surface area contributed by atoms with E-state index in [9.17, 15) is 24.0 Å². The van der Waals surface area contributed by atoms with Gasteiger partial charge >= 0.3 is 23.9 Å². The van der Waals surface area contributed by atoms with Gasteiger partial charge in [0.2, 0.25) is 0 Å². The van der Waals surface area contributed by atoms with Crippen LogP contribution in [0, 0.1) is 52.3 Å². The second-order valence-corrected chi connectivity index (χ2v) is 27.5. The van der Waals surface area contributed by atoms with Crippen molar-refractivity contribution in [2.45, 2.75) is 350 Å². The highest BCUT2D eigenvalue weighted by atomic mass is 16.7. The fourth-order valence-electron chi connectivity index (χ4n) is 15.7. The summed E-state index contributed by atoms with van der Waals surface area (Å²) in [5.74, 6) is 1.92. The van der Waals surface area contributed by atoms with Gasteiger partial charge in [0, 0.05) is 18.8 Å². The molecule has 0 aromatic rings. The minimum Gasteiger partial charge on any atom is -0.462 e. The third-order valence-electron chi connectivity index (χ3n) is 21.1. The number of hydrogen-bond donors (Lipinski definition) is 0. The van der Waals surface area contributed by atoms with Crippen LogP contribution < -0.4 is 0 Å². The van der Waals surface area contributed by atoms with E-state index in [0.717, 1.165) is 115 Å². The molecule has 0 aromatic carbocycles. The Hall–Kier alpha value is -2.49. The van der Waals surface area contributed by atoms with Crippen LogP contribution in [0.25, 0.3) is 0 Å². The van der Waals surface area contributed by atoms with Gasteiger partial charge in [-0.2, -0.15) is 0 Å². The lowest BCUT2D eigenvalue weighted by Crippen LogP contribution is -2.54. The first kappa shape index (κ1) is 71.0. The van der Waals surface area contributed by atoms with Crippen LogP contribution in [0.5, 0.6) is 0 Å². The summed E-state index contributed by atoms with van der Waals surface area (Å²) in [6, 6.07) is 0. The Kier molecular flexibility index (Phi) is 36.4. The summed E-state index contributed by atoms with van der Waals surface area (Å²) in [6.45, 7) is 15.0. The zero-order chi connectivity index (χ0) is 58.6. The molecule has 81 heavy (non-hydrogen) atoms. The van der Waals surface area contributed by atoms with Crippen LogP contribution >= 0.6 is 0 Å². The lowest BCUT2D eigenvalue weighted by molar-refractivity contribution is -0.177. The van der Waals surface area contributed by atoms with Gasteiger partial charge in [0.15, 0.2) is 12.9 Å². The zero-order valence-corrected chi connectivity index (χ0v) is 53.7. The molecule has 0 amide bonds. The van der Waals surface area contributed by atoms with Crippen LogP contribution in [-0.2, 0) is 47.7 Å². The van der Waals surface area contributed by atoms with Crippen molar-refractivity contribution < 1.29 is 47.7 Å². The Labute approximate surface area is 497 Å². The molecule has 2 unspecified atom stereocenters. The first-order chi connectivity index (χ1) is 39.2. The zero-order valence-electron chi connectivity index (χ0n) is 53.7. The molecule has 0 spiro atoms. The molecular formula is C71H126O10. The number of Topliss-reactive ketones (excluding diaryl/α,β-unsaturated/α-hetero) is 1. The van der Waals surface area contributed by atoms with Crippen molar-refractivity contribution in [3.05, 3.63) is 0 Å². The second kappa shape index (κ2) is 41.5. The fraction of sp³-hybridized carbons (Fsp3) is 0.930. The van der Waals surface area contributed by atoms with E-state index >= 15 is 0 Å². The highest BCUT2D eigenvalue weighted by Crippen LogP contribution is 2.67. The molecule has 4 saturated carbocycles. The van der Waals surface area contributed by atoms with Crippen LogP contribution in [0.2, 0.25) is 0 Å². The number of esters is 4. The Morgan fingerprint density at radius 1 is 0.457 bits per heavy atom. The number of hydrogen-bond acceptors (Lipinski definition) is 10. The second-order valence-electron chi connectivity index (χ2n) is 27.5. The topological polar surface area (TPSA) is 132 Å². The maximum absolute atomic E-state index is 13.3. The molecule has 4 fully saturated rings. The molecule has 0 N–H and O–H groups in total. The molecule has 10 nitrogen and oxygen atoms in total. The van der Waals surface area contributed by atoms with Crippen molar-refractivity contribution in [1.29, 1.82) is 0 Å². The average molecular weight is 1140 g/mol. The number of carbonyl (C=O) groups excluding carboxylic acids is 5. The van der Waals surface area contributed by atoms with E-state index in [-0.39, 0.29) is 73.2 Å². The lowest BCUT2D eigenvalue weighted by Gasteiger charge is -2.61. The summed E-state index contributed by atoms with van der Waals surface area (Å²) < 4.78 is 29.1. The van der Waals surface area contributed by atoms with Gasteiger partial charge in [-0.25, -0.2) is 0 Å². The van der Waals surface area contributed by atoms with Gasteiger partial charge in [-0.1, -0.05) is 234 Å². The molecule has 0 aliphatic heterocycles. The molecule has 470 valence electrons. The number of carbonyl (C=O) groups is 5. The lowest BCUT2D eigenvalue weighted by atomic mass is 9.44. The Bertz CT molecular complexity index is 1670. The van der Waals surface area contributed by atoms with Crippen molar-refractivity contribution in [2.75, 3.05) is 20.0 Å². The fourth-order valence-corrected chi connectivity index (χ4v) is 15.7. The summed E-state index contributed by atoms with van der Waals surface area (Å²) in [5, 5.41) is 0. The summed E-state index contributed by atoms with van der Waals surface area (Å²) in [4.78, 5) is 64.5. The SMILES string of the molecule is CCCCCCCCCCCCCCCC(=O)OCC(COC(=O)CCCCCCCCCCCCCCC)OC(=O)C(C)CCCCCCCCC(C)C(=O)OCO[C@H]1CC[C@@]2(C)[C@@H](CC[C@@H]3[C@@H]2CC[C@]2(C)[C@@H](C(C)=O)CC[C@@H]32)C1. The van der Waals surface area contributed by atoms with Crippen LogP contribution in [-0.4, -0.2) is 61.9 Å². The van der Waals surface area contributed by atoms with Crippen molar-refractivity contribution in [1.82, 2.24) is 0 Å². The summed E-state index contributed by atoms with van der Waals surface area (Å²) >= 11 is 0. The Morgan fingerprint density at radius 3 is 1.35 bits per heavy atom. The summed E-state index contributed by atoms with van der Waals surface area (Å²) in [7, 11) is 0. The maximum Gasteiger partial charge on any atom is 0.310 e. The summed E-state index contributed by atoms with van der Waals surface area (Å²) in [6.07, 6.45) is 50.3. The first-order valence-corrected chi connectivity index (χ1v) is 35.0. The standard InChI is InChI=1S/C71H126O10/c1-8-10-12-14-16-18-20-22-24-26-28-34-38-42-66(73)77-53-61(54-78-67(74)43-39-35-29-27-25-23-21-19-17-15-13-11-9-2)81-69(76)57(4)41-37-33-31-30-32-36-40-56(3)68(75)80-55-79-60-48-50-70(6)59(52-60)44-45-62-64-47-46-63(58(5)72)71(64,7)51-49-65(62)70/h56-57,59-65H,8-55H2,1-7H3/t56?,57?,59-,60-,62-,63+,64-,65-,70-,71+/m0/s1. The normalized spacial score (nSPS) is 24.9. The number of ketones is 1. The molecule has 0 heterocycles. The van der Waals surface area contributed by atoms with E-state index in [2.05, 4.69) is 27.7 Å². The van der Waals surface area contributed by atoms with Gasteiger partial charge in [0.05, 0.1) is 17.9 Å². The number of fused-ring (bicyclic) bond motifs is 5. The van der Waals surface area contributed by atoms with Crippen LogP contribution in [0.1, 0.15) is 337 Å². The largest absolute Gasteiger partial charge is 0.462 e. The van der Waals surface area contributed by atoms with Crippen LogP contribution in [0.4, 0.5) is 0 Å². The van der Waals surface area contributed by atoms with Gasteiger partial charge in [-0.05, 0) is 125 Å². The average Bonchev–Trinajstić information content (AvgIpc) is 4.08. The van der Waals surface area contributed by atoms with Crippen molar-refractivity contribution in [3.8, 4) is 0 Å². The highest BCUT2D eigenvalue weighted by molar-refractivity contribution is 5.79. The van der Waals surface area contributed by atoms with E-state index in [1.165, 1.54) is 167 Å². The maximum atomic E-state index is 13.3. The monoisotopic (exact) mass is 1140 g/mol. The highest BCUT2D eigenvalue weighted by Gasteiger charge is 2.61. The molecule has 0 aromatic heterocycles. The van der Waals surface area contributed by atoms with Crippen LogP contribution in [0.15, 0.2) is 0 Å². The van der Waals surface area contributed by atoms with Crippen molar-refractivity contribution in [3.63, 3.8) is 0 Å². The van der Waals surface area contributed by atoms with Crippen molar-refractivity contribution in [2.24, 2.45) is 52.3 Å². The van der Waals surface area contributed by atoms with Crippen molar-refractivity contribution >= 4 is 29.7 Å². The predicted octanol–water partition coefficient (Wildman–Crippen LogP) is 19.5. The third-order valence-corrected chi connectivity index (χ3v) is 21.1. The van der Waals surface area contributed by atoms with Gasteiger partial charge in [0.25, 0.3) is 0 Å². The molecule has 4 aliphatic carbocycles. The van der Waals surface area contributed by atoms with Crippen LogP contribution in [0.3, 0.4) is 0 Å². The Morgan fingerprint density at radius 2 is 0.877 bits per heavy atom. The molecular weight excluding hydrogens is 1010 g/mol. The number of rotatable bonds is 48. The van der Waals surface area contributed by atoms with Gasteiger partial charge in [0.1, 0.15) is 19.0 Å². The minimum absolute atomic E-state index is 0.0445. The molecule has 10 heteroatoms. The molecule has 4 aliphatic rings. The molecule has 4 rings (SSSR count). The molecule has 0 saturated heterocycles. The predicted molar refractivity (Wildman–Crippen MR) is 329 cm³/mol. The quantitative estimate of drug-likeness (QED) is 0.0251. The van der Waals surface area contributed by atoms with E-state index in [4.69, 9.17) is 23.7 Å². The molecule has 0 bridgehead atoms. The molecule has 10 atom stereocenters. The van der Waals surface area contributed by atoms with Gasteiger partial charge < -0.3 is 23.7 Å². The number of unbranched alkanes of at least 4 members (excludes halogenated alkanes) is 29. The Balaban J connectivity index is 1.05. The number of ether oxygens (including phenoxy) is 5. The van der Waals surface area contributed by atoms with E-state index in [1.54, 1.807) is 0 Å². The van der Waals surface area contributed by atoms with Gasteiger partial charge in [-0.3, -0.25) is 24.0 Å². The van der Waals surface area contributed by atoms with E-state index < -0.39 is 6.10 Å². The summed E-state index contributed by atoms with van der Waals surface area (Å²) in [5.41, 5.74) is 0.543. The first-order valence-electron chi connectivity index (χ1n) is 35.0. The molecule has 0 radical (unpaired) electrons. The van der Waals surface area contributed by atoms with Gasteiger partial charge in [-0.15, -0.1) is 0 Å².